The minimum atomic E-state index is 0.671. The highest BCUT2D eigenvalue weighted by molar-refractivity contribution is 9.10. The fourth-order valence-electron chi connectivity index (χ4n) is 2.22. The molecule has 2 aromatic rings. The van der Waals surface area contributed by atoms with E-state index in [4.69, 9.17) is 5.73 Å². The molecule has 0 atom stereocenters. The third-order valence-electron chi connectivity index (χ3n) is 3.36. The lowest BCUT2D eigenvalue weighted by Crippen LogP contribution is -1.93. The Morgan fingerprint density at radius 1 is 1.44 bits per heavy atom. The molecule has 1 heterocycles. The van der Waals surface area contributed by atoms with E-state index in [1.807, 2.05) is 0 Å². The number of nitrogens with two attached hydrogens (primary N) is 1. The summed E-state index contributed by atoms with van der Waals surface area (Å²) >= 11 is 5.15. The summed E-state index contributed by atoms with van der Waals surface area (Å²) in [5.41, 5.74) is 9.79. The van der Waals surface area contributed by atoms with E-state index in [2.05, 4.69) is 46.0 Å². The first-order valence-electron chi connectivity index (χ1n) is 6.13. The first kappa shape index (κ1) is 12.2. The number of hydrogen-bond donors (Lipinski definition) is 1. The maximum atomic E-state index is 5.86. The zero-order valence-corrected chi connectivity index (χ0v) is 12.6. The number of benzene rings is 1. The van der Waals surface area contributed by atoms with Gasteiger partial charge in [-0.3, -0.25) is 0 Å². The molecule has 0 spiro atoms. The van der Waals surface area contributed by atoms with Crippen molar-refractivity contribution < 1.29 is 0 Å². The van der Waals surface area contributed by atoms with Crippen molar-refractivity contribution >= 4 is 32.4 Å². The third kappa shape index (κ3) is 2.45. The zero-order valence-electron chi connectivity index (χ0n) is 10.2. The highest BCUT2D eigenvalue weighted by Crippen LogP contribution is 2.43. The number of thiazole rings is 1. The van der Waals surface area contributed by atoms with Crippen molar-refractivity contribution in [1.82, 2.24) is 4.98 Å². The van der Waals surface area contributed by atoms with Gasteiger partial charge in [-0.1, -0.05) is 22.0 Å². The van der Waals surface area contributed by atoms with Gasteiger partial charge in [-0.2, -0.15) is 0 Å². The molecule has 1 aromatic heterocycles. The minimum absolute atomic E-state index is 0.671. The van der Waals surface area contributed by atoms with Gasteiger partial charge in [0, 0.05) is 21.7 Å². The molecule has 1 aromatic carbocycles. The van der Waals surface area contributed by atoms with Crippen LogP contribution in [0.1, 0.15) is 40.5 Å². The second-order valence-electron chi connectivity index (χ2n) is 4.88. The third-order valence-corrected chi connectivity index (χ3v) is 4.76. The molecule has 0 bridgehead atoms. The number of nitrogen functional groups attached to an aromatic ring is 1. The van der Waals surface area contributed by atoms with Crippen molar-refractivity contribution in [1.29, 1.82) is 0 Å². The highest BCUT2D eigenvalue weighted by Gasteiger charge is 2.29. The lowest BCUT2D eigenvalue weighted by molar-refractivity contribution is 1.01. The van der Waals surface area contributed by atoms with Gasteiger partial charge in [0.2, 0.25) is 0 Å². The van der Waals surface area contributed by atoms with Crippen LogP contribution in [-0.4, -0.2) is 4.98 Å². The van der Waals surface area contributed by atoms with Crippen molar-refractivity contribution in [3.63, 3.8) is 0 Å². The van der Waals surface area contributed by atoms with Crippen molar-refractivity contribution in [2.75, 3.05) is 5.73 Å². The first-order chi connectivity index (χ1) is 8.63. The quantitative estimate of drug-likeness (QED) is 0.916. The van der Waals surface area contributed by atoms with Crippen LogP contribution in [0.15, 0.2) is 22.7 Å². The Labute approximate surface area is 119 Å². The molecule has 4 heteroatoms. The summed E-state index contributed by atoms with van der Waals surface area (Å²) in [5, 5.41) is 0.710. The van der Waals surface area contributed by atoms with Gasteiger partial charge in [0.1, 0.15) is 0 Å². The van der Waals surface area contributed by atoms with Gasteiger partial charge in [-0.05, 0) is 43.0 Å². The fourth-order valence-corrected chi connectivity index (χ4v) is 3.63. The summed E-state index contributed by atoms with van der Waals surface area (Å²) in [6.45, 7) is 2.15. The van der Waals surface area contributed by atoms with Crippen molar-refractivity contribution in [2.24, 2.45) is 0 Å². The average Bonchev–Trinajstić information content (AvgIpc) is 3.08. The van der Waals surface area contributed by atoms with Gasteiger partial charge < -0.3 is 5.73 Å². The summed E-state index contributed by atoms with van der Waals surface area (Å²) in [6, 6.07) is 6.45. The van der Waals surface area contributed by atoms with E-state index >= 15 is 0 Å². The number of aromatic nitrogens is 1. The average molecular weight is 323 g/mol. The van der Waals surface area contributed by atoms with Gasteiger partial charge in [0.25, 0.3) is 0 Å². The van der Waals surface area contributed by atoms with Gasteiger partial charge in [-0.25, -0.2) is 4.98 Å². The van der Waals surface area contributed by atoms with E-state index in [0.717, 1.165) is 10.9 Å². The molecule has 2 N–H and O–H groups in total. The van der Waals surface area contributed by atoms with Crippen LogP contribution in [0.4, 0.5) is 5.13 Å². The Kier molecular flexibility index (Phi) is 3.16. The van der Waals surface area contributed by atoms with Crippen LogP contribution in [0.3, 0.4) is 0 Å². The smallest absolute Gasteiger partial charge is 0.180 e. The molecule has 1 aliphatic carbocycles. The molecule has 1 fully saturated rings. The first-order valence-corrected chi connectivity index (χ1v) is 7.74. The molecule has 0 unspecified atom stereocenters. The summed E-state index contributed by atoms with van der Waals surface area (Å²) in [6.07, 6.45) is 3.50. The standard InChI is InChI=1S/C14H15BrN2S/c1-8-6-11(15)5-4-10(8)7-12-13(9-2-3-9)17-14(16)18-12/h4-6,9H,2-3,7H2,1H3,(H2,16,17). The summed E-state index contributed by atoms with van der Waals surface area (Å²) in [5.74, 6) is 0.671. The molecular formula is C14H15BrN2S. The number of nitrogens with zero attached hydrogens (tertiary/aromatic N) is 1. The van der Waals surface area contributed by atoms with E-state index < -0.39 is 0 Å². The lowest BCUT2D eigenvalue weighted by atomic mass is 10.0. The Bertz CT molecular complexity index is 587. The molecule has 2 nitrogen and oxygen atoms in total. The topological polar surface area (TPSA) is 38.9 Å². The van der Waals surface area contributed by atoms with Crippen LogP contribution in [0.2, 0.25) is 0 Å². The number of hydrogen-bond acceptors (Lipinski definition) is 3. The molecular weight excluding hydrogens is 308 g/mol. The Balaban J connectivity index is 1.91. The predicted octanol–water partition coefficient (Wildman–Crippen LogP) is 4.26. The largest absolute Gasteiger partial charge is 0.375 e. The molecule has 3 rings (SSSR count). The number of anilines is 1. The monoisotopic (exact) mass is 322 g/mol. The molecule has 94 valence electrons. The van der Waals surface area contributed by atoms with Crippen molar-refractivity contribution in [3.05, 3.63) is 44.4 Å². The van der Waals surface area contributed by atoms with Crippen LogP contribution in [0.5, 0.6) is 0 Å². The van der Waals surface area contributed by atoms with Crippen molar-refractivity contribution in [3.8, 4) is 0 Å². The Hall–Kier alpha value is -0.870. The van der Waals surface area contributed by atoms with E-state index in [0.29, 0.717) is 11.0 Å². The summed E-state index contributed by atoms with van der Waals surface area (Å²) in [4.78, 5) is 5.85. The minimum Gasteiger partial charge on any atom is -0.375 e. The SMILES string of the molecule is Cc1cc(Br)ccc1Cc1sc(N)nc1C1CC1. The molecule has 1 aliphatic rings. The lowest BCUT2D eigenvalue weighted by Gasteiger charge is -2.06. The number of aryl methyl sites for hydroxylation is 1. The predicted molar refractivity (Wildman–Crippen MR) is 80.2 cm³/mol. The van der Waals surface area contributed by atoms with Crippen LogP contribution < -0.4 is 5.73 Å². The second-order valence-corrected chi connectivity index (χ2v) is 6.91. The fraction of sp³-hybridized carbons (Fsp3) is 0.357. The normalized spacial score (nSPS) is 15.0. The van der Waals surface area contributed by atoms with E-state index in [-0.39, 0.29) is 0 Å². The molecule has 1 saturated carbocycles. The van der Waals surface area contributed by atoms with Crippen LogP contribution >= 0.6 is 27.3 Å². The van der Waals surface area contributed by atoms with E-state index in [1.165, 1.54) is 34.5 Å². The van der Waals surface area contributed by atoms with Crippen LogP contribution in [0.25, 0.3) is 0 Å². The molecule has 0 radical (unpaired) electrons. The van der Waals surface area contributed by atoms with Crippen LogP contribution in [-0.2, 0) is 6.42 Å². The Morgan fingerprint density at radius 3 is 2.89 bits per heavy atom. The van der Waals surface area contributed by atoms with Gasteiger partial charge in [-0.15, -0.1) is 11.3 Å². The Morgan fingerprint density at radius 2 is 2.22 bits per heavy atom. The molecule has 0 aliphatic heterocycles. The zero-order chi connectivity index (χ0) is 12.7. The number of rotatable bonds is 3. The van der Waals surface area contributed by atoms with E-state index in [1.54, 1.807) is 11.3 Å². The summed E-state index contributed by atoms with van der Waals surface area (Å²) < 4.78 is 1.13. The van der Waals surface area contributed by atoms with Crippen LogP contribution in [0, 0.1) is 6.92 Å². The summed E-state index contributed by atoms with van der Waals surface area (Å²) in [7, 11) is 0. The highest BCUT2D eigenvalue weighted by atomic mass is 79.9. The molecule has 0 saturated heterocycles. The van der Waals surface area contributed by atoms with Gasteiger partial charge in [0.05, 0.1) is 5.69 Å². The maximum Gasteiger partial charge on any atom is 0.180 e. The second kappa shape index (κ2) is 4.67. The molecule has 18 heavy (non-hydrogen) atoms. The van der Waals surface area contributed by atoms with Gasteiger partial charge in [0.15, 0.2) is 5.13 Å². The van der Waals surface area contributed by atoms with Gasteiger partial charge >= 0.3 is 0 Å². The maximum absolute atomic E-state index is 5.86. The number of halogens is 1. The van der Waals surface area contributed by atoms with E-state index in [9.17, 15) is 0 Å². The molecule has 0 amide bonds. The van der Waals surface area contributed by atoms with Crippen molar-refractivity contribution in [2.45, 2.75) is 32.1 Å².